The van der Waals surface area contributed by atoms with Crippen LogP contribution in [0.2, 0.25) is 0 Å². The molecule has 0 radical (unpaired) electrons. The van der Waals surface area contributed by atoms with Gasteiger partial charge in [-0.25, -0.2) is 4.98 Å². The highest BCUT2D eigenvalue weighted by Gasteiger charge is 2.22. The fraction of sp³-hybridized carbons (Fsp3) is 0.152. The van der Waals surface area contributed by atoms with Crippen molar-refractivity contribution in [2.45, 2.75) is 33.7 Å². The van der Waals surface area contributed by atoms with Gasteiger partial charge < -0.3 is 9.67 Å². The molecule has 4 aromatic carbocycles. The summed E-state index contributed by atoms with van der Waals surface area (Å²) < 4.78 is 2.30. The summed E-state index contributed by atoms with van der Waals surface area (Å²) in [5, 5.41) is 9.12. The Labute approximate surface area is 218 Å². The lowest BCUT2D eigenvalue weighted by atomic mass is 9.96. The fourth-order valence-electron chi connectivity index (χ4n) is 4.73. The van der Waals surface area contributed by atoms with Crippen molar-refractivity contribution in [3.05, 3.63) is 115 Å². The monoisotopic (exact) mass is 488 g/mol. The molecule has 0 amide bonds. The van der Waals surface area contributed by atoms with E-state index in [-0.39, 0.29) is 13.8 Å². The first kappa shape index (κ1) is 25.6. The number of aromatic nitrogens is 2. The van der Waals surface area contributed by atoms with Gasteiger partial charge in [-0.1, -0.05) is 117 Å². The lowest BCUT2D eigenvalue weighted by Crippen LogP contribution is -2.01. The minimum Gasteiger partial charge on any atom is -0.481 e. The van der Waals surface area contributed by atoms with Gasteiger partial charge in [0.25, 0.3) is 0 Å². The van der Waals surface area contributed by atoms with Gasteiger partial charge in [0.2, 0.25) is 0 Å². The second kappa shape index (κ2) is 11.5. The van der Waals surface area contributed by atoms with Gasteiger partial charge in [0.1, 0.15) is 5.82 Å². The van der Waals surface area contributed by atoms with E-state index in [0.717, 1.165) is 57.1 Å². The third kappa shape index (κ3) is 5.39. The van der Waals surface area contributed by atoms with Gasteiger partial charge in [-0.15, -0.1) is 0 Å². The van der Waals surface area contributed by atoms with Crippen molar-refractivity contribution < 1.29 is 9.90 Å². The smallest absolute Gasteiger partial charge is 0.303 e. The molecule has 0 bridgehead atoms. The molecule has 37 heavy (non-hydrogen) atoms. The first-order valence-electron chi connectivity index (χ1n) is 12.3. The average Bonchev–Trinajstić information content (AvgIpc) is 3.32. The Hall–Kier alpha value is -4.44. The summed E-state index contributed by atoms with van der Waals surface area (Å²) in [4.78, 5) is 16.3. The predicted octanol–water partition coefficient (Wildman–Crippen LogP) is 8.22. The Kier molecular flexibility index (Phi) is 7.99. The molecule has 4 heteroatoms. The van der Waals surface area contributed by atoms with Crippen LogP contribution in [0.15, 0.2) is 109 Å². The van der Waals surface area contributed by atoms with Crippen LogP contribution in [0, 0.1) is 0 Å². The van der Waals surface area contributed by atoms with Crippen molar-refractivity contribution in [2.75, 3.05) is 0 Å². The summed E-state index contributed by atoms with van der Waals surface area (Å²) in [5.41, 5.74) is 8.47. The van der Waals surface area contributed by atoms with E-state index in [1.165, 1.54) is 0 Å². The number of carbonyl (C=O) groups is 1. The molecule has 5 aromatic rings. The summed E-state index contributed by atoms with van der Waals surface area (Å²) in [7, 11) is 0. The average molecular weight is 489 g/mol. The van der Waals surface area contributed by atoms with E-state index >= 15 is 0 Å². The molecule has 0 aliphatic heterocycles. The van der Waals surface area contributed by atoms with Gasteiger partial charge in [-0.2, -0.15) is 0 Å². The highest BCUT2D eigenvalue weighted by atomic mass is 16.4. The molecule has 186 valence electrons. The third-order valence-corrected chi connectivity index (χ3v) is 6.41. The number of carboxylic acid groups (broad SMARTS) is 1. The minimum atomic E-state index is -0.785. The van der Waals surface area contributed by atoms with Crippen LogP contribution in [-0.4, -0.2) is 20.6 Å². The molecule has 1 aromatic heterocycles. The lowest BCUT2D eigenvalue weighted by Gasteiger charge is -2.14. The molecule has 0 fully saturated rings. The van der Waals surface area contributed by atoms with E-state index in [2.05, 4.69) is 72.2 Å². The maximum absolute atomic E-state index is 11.1. The van der Waals surface area contributed by atoms with Crippen molar-refractivity contribution in [1.82, 2.24) is 9.55 Å². The number of hydrogen-bond acceptors (Lipinski definition) is 2. The van der Waals surface area contributed by atoms with Crippen molar-refractivity contribution in [2.24, 2.45) is 0 Å². The number of benzene rings is 4. The van der Waals surface area contributed by atoms with E-state index in [4.69, 9.17) is 10.1 Å². The summed E-state index contributed by atoms with van der Waals surface area (Å²) in [6.07, 6.45) is 0.622. The van der Waals surface area contributed by atoms with Gasteiger partial charge in [0.05, 0.1) is 11.4 Å². The first-order valence-corrected chi connectivity index (χ1v) is 12.3. The van der Waals surface area contributed by atoms with Crippen LogP contribution >= 0.6 is 0 Å². The maximum Gasteiger partial charge on any atom is 0.303 e. The quantitative estimate of drug-likeness (QED) is 0.239. The van der Waals surface area contributed by atoms with Gasteiger partial charge in [0.15, 0.2) is 0 Å². The SMILES string of the molecule is C.CCn1c(-c2ccccc2-c2cccc(CCC(=O)O)c2)nc(-c2ccccc2)c1-c1ccccc1. The number of rotatable bonds is 8. The van der Waals surface area contributed by atoms with Crippen LogP contribution in [-0.2, 0) is 17.8 Å². The molecule has 0 saturated heterocycles. The van der Waals surface area contributed by atoms with Crippen LogP contribution < -0.4 is 0 Å². The molecule has 0 aliphatic rings. The van der Waals surface area contributed by atoms with Crippen LogP contribution in [0.5, 0.6) is 0 Å². The zero-order chi connectivity index (χ0) is 24.9. The molecule has 0 aliphatic carbocycles. The molecule has 1 heterocycles. The molecule has 0 atom stereocenters. The van der Waals surface area contributed by atoms with E-state index < -0.39 is 5.97 Å². The Morgan fingerprint density at radius 2 is 1.35 bits per heavy atom. The Morgan fingerprint density at radius 1 is 0.757 bits per heavy atom. The number of carboxylic acids is 1. The molecular weight excluding hydrogens is 456 g/mol. The van der Waals surface area contributed by atoms with Crippen molar-refractivity contribution >= 4 is 5.97 Å². The van der Waals surface area contributed by atoms with E-state index in [1.54, 1.807) is 0 Å². The zero-order valence-electron chi connectivity index (χ0n) is 20.3. The van der Waals surface area contributed by atoms with Gasteiger partial charge in [-0.3, -0.25) is 4.79 Å². The topological polar surface area (TPSA) is 55.1 Å². The number of aliphatic carboxylic acids is 1. The standard InChI is InChI=1S/C32H28N2O2.CH4/c1-2-34-31(25-15-7-4-8-16-25)30(24-13-5-3-6-14-24)33-32(34)28-19-10-9-18-27(28)26-17-11-12-23(22-26)20-21-29(35)36;/h3-19,22H,2,20-21H2,1H3,(H,35,36);1H4. The summed E-state index contributed by atoms with van der Waals surface area (Å²) in [5.74, 6) is 0.134. The Balaban J connectivity index is 0.00000320. The number of aryl methyl sites for hydroxylation is 1. The van der Waals surface area contributed by atoms with E-state index in [9.17, 15) is 4.79 Å². The highest BCUT2D eigenvalue weighted by Crippen LogP contribution is 2.39. The second-order valence-electron chi connectivity index (χ2n) is 8.75. The van der Waals surface area contributed by atoms with E-state index in [1.807, 2.05) is 48.5 Å². The molecule has 4 nitrogen and oxygen atoms in total. The largest absolute Gasteiger partial charge is 0.481 e. The number of nitrogens with zero attached hydrogens (tertiary/aromatic N) is 2. The number of hydrogen-bond donors (Lipinski definition) is 1. The van der Waals surface area contributed by atoms with Crippen molar-refractivity contribution in [3.8, 4) is 45.0 Å². The number of imidazole rings is 1. The van der Waals surface area contributed by atoms with Gasteiger partial charge in [0, 0.05) is 29.7 Å². The highest BCUT2D eigenvalue weighted by molar-refractivity contribution is 5.87. The van der Waals surface area contributed by atoms with Crippen LogP contribution in [0.4, 0.5) is 0 Å². The molecule has 0 saturated carbocycles. The van der Waals surface area contributed by atoms with Gasteiger partial charge in [-0.05, 0) is 30.0 Å². The summed E-state index contributed by atoms with van der Waals surface area (Å²) in [6.45, 7) is 2.92. The lowest BCUT2D eigenvalue weighted by molar-refractivity contribution is -0.136. The van der Waals surface area contributed by atoms with Crippen molar-refractivity contribution in [1.29, 1.82) is 0 Å². The molecule has 0 spiro atoms. The predicted molar refractivity (Wildman–Crippen MR) is 152 cm³/mol. The molecule has 5 rings (SSSR count). The second-order valence-corrected chi connectivity index (χ2v) is 8.75. The summed E-state index contributed by atoms with van der Waals surface area (Å²) in [6, 6.07) is 37.3. The van der Waals surface area contributed by atoms with Gasteiger partial charge >= 0.3 is 5.97 Å². The van der Waals surface area contributed by atoms with Crippen molar-refractivity contribution in [3.63, 3.8) is 0 Å². The third-order valence-electron chi connectivity index (χ3n) is 6.41. The maximum atomic E-state index is 11.1. The minimum absolute atomic E-state index is 0. The fourth-order valence-corrected chi connectivity index (χ4v) is 4.73. The molecule has 0 unspecified atom stereocenters. The Morgan fingerprint density at radius 3 is 2.00 bits per heavy atom. The van der Waals surface area contributed by atoms with E-state index in [0.29, 0.717) is 6.42 Å². The zero-order valence-corrected chi connectivity index (χ0v) is 20.3. The van der Waals surface area contributed by atoms with Crippen LogP contribution in [0.3, 0.4) is 0 Å². The molecular formula is C33H32N2O2. The Bertz CT molecular complexity index is 1490. The normalized spacial score (nSPS) is 10.6. The first-order chi connectivity index (χ1) is 17.7. The summed E-state index contributed by atoms with van der Waals surface area (Å²) >= 11 is 0. The molecule has 1 N–H and O–H groups in total. The van der Waals surface area contributed by atoms with Crippen LogP contribution in [0.25, 0.3) is 45.0 Å². The van der Waals surface area contributed by atoms with Crippen LogP contribution in [0.1, 0.15) is 26.3 Å².